The van der Waals surface area contributed by atoms with Gasteiger partial charge in [-0.1, -0.05) is 23.7 Å². The van der Waals surface area contributed by atoms with Crippen molar-refractivity contribution in [2.24, 2.45) is 5.73 Å². The van der Waals surface area contributed by atoms with Gasteiger partial charge < -0.3 is 10.5 Å². The largest absolute Gasteiger partial charge is 0.454 e. The summed E-state index contributed by atoms with van der Waals surface area (Å²) in [6.45, 7) is 0.313. The lowest BCUT2D eigenvalue weighted by atomic mass is 10.3. The van der Waals surface area contributed by atoms with E-state index in [1.165, 1.54) is 0 Å². The van der Waals surface area contributed by atoms with Gasteiger partial charge in [-0.3, -0.25) is 4.98 Å². The normalized spacial score (nSPS) is 10.3. The van der Waals surface area contributed by atoms with Crippen molar-refractivity contribution in [2.45, 2.75) is 6.54 Å². The van der Waals surface area contributed by atoms with Crippen molar-refractivity contribution in [3.63, 3.8) is 0 Å². The third-order valence-corrected chi connectivity index (χ3v) is 2.89. The quantitative estimate of drug-likeness (QED) is 0.939. The lowest BCUT2D eigenvalue weighted by Crippen LogP contribution is -2.02. The monoisotopic (exact) mass is 312 g/mol. The van der Waals surface area contributed by atoms with Crippen molar-refractivity contribution in [1.82, 2.24) is 4.98 Å². The molecule has 0 aliphatic rings. The Kier molecular flexibility index (Phi) is 3.99. The summed E-state index contributed by atoms with van der Waals surface area (Å²) in [5.74, 6) is 1.19. The van der Waals surface area contributed by atoms with Crippen LogP contribution in [0.3, 0.4) is 0 Å². The topological polar surface area (TPSA) is 48.1 Å². The molecule has 88 valence electrons. The first-order valence-corrected chi connectivity index (χ1v) is 6.14. The minimum atomic E-state index is 0.313. The van der Waals surface area contributed by atoms with Crippen LogP contribution >= 0.6 is 27.5 Å². The van der Waals surface area contributed by atoms with Crippen molar-refractivity contribution in [3.05, 3.63) is 51.7 Å². The molecule has 0 saturated carbocycles. The van der Waals surface area contributed by atoms with Gasteiger partial charge in [-0.05, 0) is 34.1 Å². The van der Waals surface area contributed by atoms with Gasteiger partial charge >= 0.3 is 0 Å². The van der Waals surface area contributed by atoms with Gasteiger partial charge in [0.05, 0.1) is 10.7 Å². The highest BCUT2D eigenvalue weighted by Gasteiger charge is 2.08. The number of nitrogens with two attached hydrogens (primary N) is 1. The van der Waals surface area contributed by atoms with Crippen LogP contribution in [0, 0.1) is 0 Å². The van der Waals surface area contributed by atoms with Crippen molar-refractivity contribution in [3.8, 4) is 11.5 Å². The first-order valence-electron chi connectivity index (χ1n) is 4.97. The van der Waals surface area contributed by atoms with Crippen molar-refractivity contribution < 1.29 is 4.74 Å². The Hall–Kier alpha value is -1.10. The Morgan fingerprint density at radius 1 is 1.29 bits per heavy atom. The Morgan fingerprint density at radius 3 is 2.76 bits per heavy atom. The van der Waals surface area contributed by atoms with Crippen LogP contribution in [0.5, 0.6) is 11.5 Å². The maximum absolute atomic E-state index is 6.02. The van der Waals surface area contributed by atoms with E-state index in [-0.39, 0.29) is 0 Å². The van der Waals surface area contributed by atoms with Gasteiger partial charge in [-0.15, -0.1) is 0 Å². The highest BCUT2D eigenvalue weighted by Crippen LogP contribution is 2.31. The van der Waals surface area contributed by atoms with Crippen LogP contribution in [0.25, 0.3) is 0 Å². The summed E-state index contributed by atoms with van der Waals surface area (Å²) in [4.78, 5) is 4.18. The molecular formula is C12H10BrClN2O. The molecule has 17 heavy (non-hydrogen) atoms. The molecule has 2 N–H and O–H groups in total. The molecule has 0 aliphatic carbocycles. The first-order chi connectivity index (χ1) is 8.20. The van der Waals surface area contributed by atoms with Crippen LogP contribution in [0.4, 0.5) is 0 Å². The first kappa shape index (κ1) is 12.4. The zero-order valence-electron chi connectivity index (χ0n) is 8.86. The van der Waals surface area contributed by atoms with Gasteiger partial charge in [0.25, 0.3) is 0 Å². The van der Waals surface area contributed by atoms with Crippen LogP contribution < -0.4 is 10.5 Å². The lowest BCUT2D eigenvalue weighted by molar-refractivity contribution is 0.472. The Morgan fingerprint density at radius 2 is 2.06 bits per heavy atom. The minimum Gasteiger partial charge on any atom is -0.454 e. The summed E-state index contributed by atoms with van der Waals surface area (Å²) in [6.07, 6.45) is 1.68. The standard InChI is InChI=1S/C12H10BrClN2O/c13-8-5-12(10(6-15)16-7-8)17-11-4-2-1-3-9(11)14/h1-5,7H,6,15H2. The lowest BCUT2D eigenvalue weighted by Gasteiger charge is -2.10. The molecule has 0 aliphatic heterocycles. The Labute approximate surface area is 113 Å². The third-order valence-electron chi connectivity index (χ3n) is 2.15. The predicted molar refractivity (Wildman–Crippen MR) is 71.4 cm³/mol. The number of benzene rings is 1. The van der Waals surface area contributed by atoms with Crippen molar-refractivity contribution in [2.75, 3.05) is 0 Å². The number of rotatable bonds is 3. The number of aromatic nitrogens is 1. The molecule has 3 nitrogen and oxygen atoms in total. The minimum absolute atomic E-state index is 0.313. The van der Waals surface area contributed by atoms with Crippen LogP contribution in [0.1, 0.15) is 5.69 Å². The molecule has 5 heteroatoms. The average Bonchev–Trinajstić information content (AvgIpc) is 2.32. The molecule has 1 aromatic carbocycles. The van der Waals surface area contributed by atoms with Gasteiger partial charge in [0.2, 0.25) is 0 Å². The number of para-hydroxylation sites is 1. The second-order valence-corrected chi connectivity index (χ2v) is 4.66. The maximum Gasteiger partial charge on any atom is 0.151 e. The highest BCUT2D eigenvalue weighted by molar-refractivity contribution is 9.10. The van der Waals surface area contributed by atoms with E-state index in [4.69, 9.17) is 22.1 Å². The van der Waals surface area contributed by atoms with E-state index in [2.05, 4.69) is 20.9 Å². The SMILES string of the molecule is NCc1ncc(Br)cc1Oc1ccccc1Cl. The van der Waals surface area contributed by atoms with E-state index < -0.39 is 0 Å². The van der Waals surface area contributed by atoms with E-state index in [1.807, 2.05) is 18.2 Å². The number of ether oxygens (including phenoxy) is 1. The van der Waals surface area contributed by atoms with E-state index in [0.29, 0.717) is 28.8 Å². The second-order valence-electron chi connectivity index (χ2n) is 3.33. The van der Waals surface area contributed by atoms with Gasteiger partial charge in [0, 0.05) is 17.2 Å². The fourth-order valence-electron chi connectivity index (χ4n) is 1.34. The summed E-state index contributed by atoms with van der Waals surface area (Å²) < 4.78 is 6.54. The van der Waals surface area contributed by atoms with E-state index in [1.54, 1.807) is 18.3 Å². The second kappa shape index (κ2) is 5.49. The molecule has 2 aromatic rings. The fourth-order valence-corrected chi connectivity index (χ4v) is 1.82. The molecule has 0 radical (unpaired) electrons. The van der Waals surface area contributed by atoms with E-state index >= 15 is 0 Å². The summed E-state index contributed by atoms with van der Waals surface area (Å²) in [5.41, 5.74) is 6.29. The van der Waals surface area contributed by atoms with Crippen LogP contribution in [-0.4, -0.2) is 4.98 Å². The zero-order valence-corrected chi connectivity index (χ0v) is 11.2. The molecular weight excluding hydrogens is 304 g/mol. The van der Waals surface area contributed by atoms with Crippen molar-refractivity contribution >= 4 is 27.5 Å². The molecule has 0 saturated heterocycles. The molecule has 0 bridgehead atoms. The number of nitrogens with zero attached hydrogens (tertiary/aromatic N) is 1. The van der Waals surface area contributed by atoms with Crippen LogP contribution in [-0.2, 0) is 6.54 Å². The summed E-state index contributed by atoms with van der Waals surface area (Å²) in [6, 6.07) is 9.08. The van der Waals surface area contributed by atoms with Crippen LogP contribution in [0.15, 0.2) is 41.0 Å². The molecule has 0 spiro atoms. The molecule has 0 atom stereocenters. The molecule has 0 unspecified atom stereocenters. The Bertz CT molecular complexity index is 534. The average molecular weight is 314 g/mol. The highest BCUT2D eigenvalue weighted by atomic mass is 79.9. The Balaban J connectivity index is 2.35. The zero-order chi connectivity index (χ0) is 12.3. The molecule has 0 fully saturated rings. The number of hydrogen-bond donors (Lipinski definition) is 1. The maximum atomic E-state index is 6.02. The fraction of sp³-hybridized carbons (Fsp3) is 0.0833. The number of hydrogen-bond acceptors (Lipinski definition) is 3. The third kappa shape index (κ3) is 2.97. The summed E-state index contributed by atoms with van der Waals surface area (Å²) in [5, 5.41) is 0.551. The van der Waals surface area contributed by atoms with E-state index in [0.717, 1.165) is 4.47 Å². The molecule has 1 heterocycles. The smallest absolute Gasteiger partial charge is 0.151 e. The van der Waals surface area contributed by atoms with Gasteiger partial charge in [-0.2, -0.15) is 0 Å². The molecule has 2 rings (SSSR count). The number of halogens is 2. The summed E-state index contributed by atoms with van der Waals surface area (Å²) >= 11 is 9.36. The van der Waals surface area contributed by atoms with Crippen molar-refractivity contribution in [1.29, 1.82) is 0 Å². The molecule has 1 aromatic heterocycles. The predicted octanol–water partition coefficient (Wildman–Crippen LogP) is 3.75. The number of pyridine rings is 1. The van der Waals surface area contributed by atoms with Gasteiger partial charge in [0.1, 0.15) is 5.75 Å². The van der Waals surface area contributed by atoms with Gasteiger partial charge in [-0.25, -0.2) is 0 Å². The van der Waals surface area contributed by atoms with E-state index in [9.17, 15) is 0 Å². The van der Waals surface area contributed by atoms with Gasteiger partial charge in [0.15, 0.2) is 5.75 Å². The summed E-state index contributed by atoms with van der Waals surface area (Å²) in [7, 11) is 0. The van der Waals surface area contributed by atoms with Crippen LogP contribution in [0.2, 0.25) is 5.02 Å². The molecule has 0 amide bonds.